The van der Waals surface area contributed by atoms with Gasteiger partial charge in [0, 0.05) is 24.1 Å². The number of aromatic amines is 1. The number of rotatable bonds is 3. The second-order valence-electron chi connectivity index (χ2n) is 4.84. The van der Waals surface area contributed by atoms with E-state index in [-0.39, 0.29) is 11.5 Å². The van der Waals surface area contributed by atoms with Gasteiger partial charge in [0.15, 0.2) is 0 Å². The molecule has 6 heteroatoms. The van der Waals surface area contributed by atoms with E-state index >= 15 is 0 Å². The molecule has 0 unspecified atom stereocenters. The van der Waals surface area contributed by atoms with E-state index in [1.165, 1.54) is 18.3 Å². The lowest BCUT2D eigenvalue weighted by Crippen LogP contribution is -2.14. The number of hydrogen-bond acceptors (Lipinski definition) is 3. The van der Waals surface area contributed by atoms with Crippen molar-refractivity contribution < 1.29 is 4.79 Å². The van der Waals surface area contributed by atoms with Gasteiger partial charge >= 0.3 is 0 Å². The van der Waals surface area contributed by atoms with Crippen molar-refractivity contribution in [3.63, 3.8) is 0 Å². The zero-order valence-electron chi connectivity index (χ0n) is 11.9. The number of benzene rings is 1. The van der Waals surface area contributed by atoms with Gasteiger partial charge in [0.1, 0.15) is 0 Å². The van der Waals surface area contributed by atoms with E-state index in [1.54, 1.807) is 16.8 Å². The first-order chi connectivity index (χ1) is 10.6. The molecule has 0 atom stereocenters. The summed E-state index contributed by atoms with van der Waals surface area (Å²) in [6.07, 6.45) is 3.27. The Morgan fingerprint density at radius 1 is 1.14 bits per heavy atom. The van der Waals surface area contributed by atoms with Crippen molar-refractivity contribution in [2.24, 2.45) is 0 Å². The summed E-state index contributed by atoms with van der Waals surface area (Å²) < 4.78 is 1.77. The van der Waals surface area contributed by atoms with Crippen LogP contribution in [0.3, 0.4) is 0 Å². The van der Waals surface area contributed by atoms with E-state index in [0.29, 0.717) is 11.3 Å². The van der Waals surface area contributed by atoms with Crippen molar-refractivity contribution in [3.05, 3.63) is 76.5 Å². The number of nitrogens with zero attached hydrogens (tertiary/aromatic N) is 2. The monoisotopic (exact) mass is 294 g/mol. The summed E-state index contributed by atoms with van der Waals surface area (Å²) in [5.74, 6) is -0.279. The summed E-state index contributed by atoms with van der Waals surface area (Å²) in [5, 5.41) is 7.09. The summed E-state index contributed by atoms with van der Waals surface area (Å²) in [5.41, 5.74) is 2.68. The van der Waals surface area contributed by atoms with Crippen LogP contribution in [0.25, 0.3) is 5.69 Å². The molecule has 6 nitrogen and oxygen atoms in total. The van der Waals surface area contributed by atoms with Crippen LogP contribution in [0.15, 0.2) is 59.7 Å². The number of amides is 1. The molecular weight excluding hydrogens is 280 g/mol. The molecule has 0 aliphatic heterocycles. The highest BCUT2D eigenvalue weighted by atomic mass is 16.1. The van der Waals surface area contributed by atoms with Crippen molar-refractivity contribution >= 4 is 11.6 Å². The van der Waals surface area contributed by atoms with Crippen molar-refractivity contribution in [2.75, 3.05) is 5.32 Å². The second-order valence-corrected chi connectivity index (χ2v) is 4.84. The van der Waals surface area contributed by atoms with Crippen molar-refractivity contribution in [1.29, 1.82) is 0 Å². The summed E-state index contributed by atoms with van der Waals surface area (Å²) in [4.78, 5) is 25.5. The minimum absolute atomic E-state index is 0.240. The van der Waals surface area contributed by atoms with Crippen LogP contribution in [-0.4, -0.2) is 20.7 Å². The fourth-order valence-electron chi connectivity index (χ4n) is 2.01. The summed E-state index contributed by atoms with van der Waals surface area (Å²) in [6.45, 7) is 1.93. The lowest BCUT2D eigenvalue weighted by atomic mass is 10.2. The van der Waals surface area contributed by atoms with Gasteiger partial charge in [-0.3, -0.25) is 9.59 Å². The van der Waals surface area contributed by atoms with Crippen LogP contribution in [0.1, 0.15) is 16.1 Å². The van der Waals surface area contributed by atoms with Crippen LogP contribution in [0, 0.1) is 6.92 Å². The topological polar surface area (TPSA) is 79.8 Å². The average molecular weight is 294 g/mol. The molecule has 3 rings (SSSR count). The third kappa shape index (κ3) is 2.95. The van der Waals surface area contributed by atoms with Gasteiger partial charge < -0.3 is 10.3 Å². The Labute approximate surface area is 126 Å². The van der Waals surface area contributed by atoms with E-state index in [9.17, 15) is 9.59 Å². The highest BCUT2D eigenvalue weighted by molar-refractivity contribution is 6.04. The van der Waals surface area contributed by atoms with Gasteiger partial charge in [-0.1, -0.05) is 0 Å². The number of H-pyrrole nitrogens is 1. The Morgan fingerprint density at radius 2 is 1.91 bits per heavy atom. The number of anilines is 1. The molecule has 0 aliphatic carbocycles. The molecule has 1 aromatic carbocycles. The molecule has 0 bridgehead atoms. The molecule has 110 valence electrons. The third-order valence-electron chi connectivity index (χ3n) is 3.16. The maximum atomic E-state index is 12.0. The van der Waals surface area contributed by atoms with E-state index in [1.807, 2.05) is 31.3 Å². The second kappa shape index (κ2) is 5.69. The molecule has 2 aromatic heterocycles. The largest absolute Gasteiger partial charge is 0.328 e. The zero-order valence-corrected chi connectivity index (χ0v) is 11.9. The Hall–Kier alpha value is -3.15. The van der Waals surface area contributed by atoms with Crippen molar-refractivity contribution in [1.82, 2.24) is 14.8 Å². The highest BCUT2D eigenvalue weighted by Crippen LogP contribution is 2.14. The lowest BCUT2D eigenvalue weighted by molar-refractivity contribution is 0.102. The van der Waals surface area contributed by atoms with Crippen LogP contribution < -0.4 is 10.9 Å². The normalized spacial score (nSPS) is 10.4. The molecule has 0 spiro atoms. The minimum atomic E-state index is -0.279. The molecule has 0 saturated heterocycles. The lowest BCUT2D eigenvalue weighted by Gasteiger charge is -2.06. The van der Waals surface area contributed by atoms with E-state index in [2.05, 4.69) is 15.4 Å². The summed E-state index contributed by atoms with van der Waals surface area (Å²) in [6, 6.07) is 12.1. The first-order valence-electron chi connectivity index (χ1n) is 6.75. The van der Waals surface area contributed by atoms with Gasteiger partial charge in [0.25, 0.3) is 5.91 Å². The smallest absolute Gasteiger partial charge is 0.257 e. The quantitative estimate of drug-likeness (QED) is 0.776. The van der Waals surface area contributed by atoms with E-state index in [0.717, 1.165) is 11.4 Å². The van der Waals surface area contributed by atoms with Crippen molar-refractivity contribution in [2.45, 2.75) is 6.92 Å². The molecule has 0 fully saturated rings. The molecule has 0 radical (unpaired) electrons. The molecule has 22 heavy (non-hydrogen) atoms. The molecule has 3 aromatic rings. The maximum Gasteiger partial charge on any atom is 0.257 e. The van der Waals surface area contributed by atoms with Crippen LogP contribution >= 0.6 is 0 Å². The van der Waals surface area contributed by atoms with E-state index < -0.39 is 0 Å². The third-order valence-corrected chi connectivity index (χ3v) is 3.16. The number of hydrogen-bond donors (Lipinski definition) is 2. The summed E-state index contributed by atoms with van der Waals surface area (Å²) in [7, 11) is 0. The number of carbonyl (C=O) groups is 1. The van der Waals surface area contributed by atoms with Gasteiger partial charge in [-0.15, -0.1) is 0 Å². The number of aromatic nitrogens is 3. The molecule has 1 amide bonds. The predicted octanol–water partition coefficient (Wildman–Crippen LogP) is 2.12. The Morgan fingerprint density at radius 3 is 2.50 bits per heavy atom. The Bertz CT molecular complexity index is 842. The first kappa shape index (κ1) is 13.8. The van der Waals surface area contributed by atoms with Gasteiger partial charge in [-0.2, -0.15) is 5.10 Å². The summed E-state index contributed by atoms with van der Waals surface area (Å²) >= 11 is 0. The van der Waals surface area contributed by atoms with Gasteiger partial charge in [0.2, 0.25) is 5.56 Å². The minimum Gasteiger partial charge on any atom is -0.328 e. The van der Waals surface area contributed by atoms with E-state index in [4.69, 9.17) is 0 Å². The molecular formula is C16H14N4O2. The molecule has 0 saturated carbocycles. The van der Waals surface area contributed by atoms with Crippen LogP contribution in [-0.2, 0) is 0 Å². The van der Waals surface area contributed by atoms with Crippen LogP contribution in [0.4, 0.5) is 5.69 Å². The van der Waals surface area contributed by atoms with Crippen LogP contribution in [0.5, 0.6) is 0 Å². The zero-order chi connectivity index (χ0) is 15.5. The highest BCUT2D eigenvalue weighted by Gasteiger charge is 2.06. The predicted molar refractivity (Wildman–Crippen MR) is 83.3 cm³/mol. The fraction of sp³-hybridized carbons (Fsp3) is 0.0625. The first-order valence-corrected chi connectivity index (χ1v) is 6.75. The van der Waals surface area contributed by atoms with Gasteiger partial charge in [0.05, 0.1) is 16.9 Å². The van der Waals surface area contributed by atoms with Gasteiger partial charge in [-0.05, 0) is 43.3 Å². The van der Waals surface area contributed by atoms with Crippen LogP contribution in [0.2, 0.25) is 0 Å². The number of pyridine rings is 1. The average Bonchev–Trinajstić information content (AvgIpc) is 2.95. The molecule has 2 N–H and O–H groups in total. The van der Waals surface area contributed by atoms with Gasteiger partial charge in [-0.25, -0.2) is 4.68 Å². The Kier molecular flexibility index (Phi) is 3.57. The number of aryl methyl sites for hydroxylation is 1. The molecule has 2 heterocycles. The molecule has 0 aliphatic rings. The fourth-order valence-corrected chi connectivity index (χ4v) is 2.01. The standard InChI is InChI=1S/C16H14N4O2/c1-11-8-9-20(19-11)14-5-3-13(4-6-14)18-16(22)12-2-7-15(21)17-10-12/h2-10H,1H3,(H,17,21)(H,18,22). The van der Waals surface area contributed by atoms with Crippen molar-refractivity contribution in [3.8, 4) is 5.69 Å². The number of nitrogens with one attached hydrogen (secondary N) is 2. The maximum absolute atomic E-state index is 12.0. The Balaban J connectivity index is 1.74. The SMILES string of the molecule is Cc1ccn(-c2ccc(NC(=O)c3ccc(=O)[nH]c3)cc2)n1. The number of carbonyl (C=O) groups excluding carboxylic acids is 1.